The highest BCUT2D eigenvalue weighted by atomic mass is 35.6. The highest BCUT2D eigenvalue weighted by molar-refractivity contribution is 6.69. The van der Waals surface area contributed by atoms with Crippen molar-refractivity contribution in [2.24, 2.45) is 5.73 Å². The number of carbonyl (C=O) groups excluding carboxylic acids is 1. The molecule has 0 aliphatic carbocycles. The van der Waals surface area contributed by atoms with E-state index in [0.717, 1.165) is 12.2 Å². The third-order valence-corrected chi connectivity index (χ3v) is 0.815. The van der Waals surface area contributed by atoms with Crippen molar-refractivity contribution in [2.45, 2.75) is 3.79 Å². The van der Waals surface area contributed by atoms with Crippen LogP contribution in [0.4, 0.5) is 0 Å². The van der Waals surface area contributed by atoms with E-state index in [4.69, 9.17) is 40.5 Å². The molecular weight excluding hydrogens is 184 g/mol. The Labute approximate surface area is 67.6 Å². The second-order valence-electron chi connectivity index (χ2n) is 1.28. The van der Waals surface area contributed by atoms with Crippen LogP contribution >= 0.6 is 34.8 Å². The van der Waals surface area contributed by atoms with Crippen molar-refractivity contribution in [1.29, 1.82) is 0 Å². The van der Waals surface area contributed by atoms with Crippen molar-refractivity contribution in [3.05, 3.63) is 12.2 Å². The maximum Gasteiger partial charge on any atom is 0.241 e. The molecule has 1 amide bonds. The molecule has 2 N–H and O–H groups in total. The summed E-state index contributed by atoms with van der Waals surface area (Å²) < 4.78 is -1.53. The van der Waals surface area contributed by atoms with E-state index < -0.39 is 9.70 Å². The number of carbonyl (C=O) groups is 1. The molecule has 0 heterocycles. The van der Waals surface area contributed by atoms with Crippen LogP contribution in [0.5, 0.6) is 0 Å². The predicted octanol–water partition coefficient (Wildman–Crippen LogP) is 1.40. The fraction of sp³-hybridized carbons (Fsp3) is 0.250. The molecule has 0 saturated heterocycles. The van der Waals surface area contributed by atoms with Gasteiger partial charge in [0, 0.05) is 6.08 Å². The Morgan fingerprint density at radius 1 is 1.44 bits per heavy atom. The molecule has 9 heavy (non-hydrogen) atoms. The summed E-state index contributed by atoms with van der Waals surface area (Å²) in [5.74, 6) is -0.638. The summed E-state index contributed by atoms with van der Waals surface area (Å²) in [7, 11) is 0. The number of allylic oxidation sites excluding steroid dienone is 1. The number of alkyl halides is 3. The van der Waals surface area contributed by atoms with E-state index in [0.29, 0.717) is 0 Å². The van der Waals surface area contributed by atoms with Crippen molar-refractivity contribution in [3.8, 4) is 0 Å². The van der Waals surface area contributed by atoms with Gasteiger partial charge in [-0.2, -0.15) is 0 Å². The van der Waals surface area contributed by atoms with Crippen molar-refractivity contribution in [3.63, 3.8) is 0 Å². The highest BCUT2D eigenvalue weighted by Gasteiger charge is 2.13. The largest absolute Gasteiger partial charge is 0.366 e. The maximum atomic E-state index is 10.0. The lowest BCUT2D eigenvalue weighted by Crippen LogP contribution is -2.07. The van der Waals surface area contributed by atoms with E-state index in [9.17, 15) is 4.79 Å². The van der Waals surface area contributed by atoms with Gasteiger partial charge in [-0.1, -0.05) is 34.8 Å². The predicted molar refractivity (Wildman–Crippen MR) is 38.6 cm³/mol. The summed E-state index contributed by atoms with van der Waals surface area (Å²) in [4.78, 5) is 10.0. The molecule has 0 atom stereocenters. The van der Waals surface area contributed by atoms with Crippen LogP contribution in [0.3, 0.4) is 0 Å². The molecule has 0 rings (SSSR count). The molecule has 0 aromatic rings. The molecule has 52 valence electrons. The Hall–Kier alpha value is 0.0800. The first-order valence-corrected chi connectivity index (χ1v) is 3.10. The topological polar surface area (TPSA) is 43.1 Å². The Morgan fingerprint density at radius 2 is 1.89 bits per heavy atom. The molecule has 0 unspecified atom stereocenters. The summed E-state index contributed by atoms with van der Waals surface area (Å²) in [6.07, 6.45) is 2.08. The average Bonchev–Trinajstić information content (AvgIpc) is 1.59. The van der Waals surface area contributed by atoms with Gasteiger partial charge in [0.05, 0.1) is 0 Å². The van der Waals surface area contributed by atoms with E-state index in [-0.39, 0.29) is 0 Å². The van der Waals surface area contributed by atoms with Crippen LogP contribution in [-0.2, 0) is 4.79 Å². The number of rotatable bonds is 1. The molecule has 0 saturated carbocycles. The summed E-state index contributed by atoms with van der Waals surface area (Å²) in [5, 5.41) is 0. The summed E-state index contributed by atoms with van der Waals surface area (Å²) in [6.45, 7) is 0. The van der Waals surface area contributed by atoms with Crippen LogP contribution in [0.1, 0.15) is 0 Å². The second kappa shape index (κ2) is 3.30. The molecule has 0 spiro atoms. The van der Waals surface area contributed by atoms with Crippen molar-refractivity contribution >= 4 is 40.7 Å². The number of primary amides is 1. The zero-order valence-electron chi connectivity index (χ0n) is 4.27. The van der Waals surface area contributed by atoms with Crippen LogP contribution in [0.15, 0.2) is 12.2 Å². The third kappa shape index (κ3) is 8.08. The molecule has 0 aromatic carbocycles. The molecule has 2 nitrogen and oxygen atoms in total. The van der Waals surface area contributed by atoms with Crippen LogP contribution in [0.25, 0.3) is 0 Å². The number of nitrogens with two attached hydrogens (primary N) is 1. The van der Waals surface area contributed by atoms with Crippen molar-refractivity contribution in [2.75, 3.05) is 0 Å². The maximum absolute atomic E-state index is 10.0. The van der Waals surface area contributed by atoms with Gasteiger partial charge in [-0.05, 0) is 6.08 Å². The van der Waals surface area contributed by atoms with Crippen molar-refractivity contribution < 1.29 is 4.79 Å². The fourth-order valence-electron chi connectivity index (χ4n) is 0.177. The number of hydrogen-bond donors (Lipinski definition) is 1. The van der Waals surface area contributed by atoms with Gasteiger partial charge in [0.15, 0.2) is 0 Å². The normalized spacial score (nSPS) is 12.3. The molecule has 0 radical (unpaired) electrons. The second-order valence-corrected chi connectivity index (χ2v) is 3.65. The highest BCUT2D eigenvalue weighted by Crippen LogP contribution is 2.26. The van der Waals surface area contributed by atoms with E-state index in [2.05, 4.69) is 0 Å². The molecule has 0 aliphatic rings. The van der Waals surface area contributed by atoms with Crippen LogP contribution < -0.4 is 5.73 Å². The zero-order valence-corrected chi connectivity index (χ0v) is 6.54. The van der Waals surface area contributed by atoms with E-state index in [1.807, 2.05) is 0 Å². The van der Waals surface area contributed by atoms with Gasteiger partial charge >= 0.3 is 0 Å². The van der Waals surface area contributed by atoms with Gasteiger partial charge in [0.2, 0.25) is 9.70 Å². The van der Waals surface area contributed by atoms with Crippen molar-refractivity contribution in [1.82, 2.24) is 0 Å². The standard InChI is InChI=1S/C4H4Cl3NO/c5-4(6,7)2-1-3(8)9/h1-2H,(H2,8,9)/b2-1+. The van der Waals surface area contributed by atoms with Gasteiger partial charge in [0.25, 0.3) is 0 Å². The Morgan fingerprint density at radius 3 is 2.00 bits per heavy atom. The van der Waals surface area contributed by atoms with Gasteiger partial charge in [0.1, 0.15) is 0 Å². The van der Waals surface area contributed by atoms with E-state index in [1.165, 1.54) is 0 Å². The zero-order chi connectivity index (χ0) is 7.49. The van der Waals surface area contributed by atoms with Gasteiger partial charge in [-0.25, -0.2) is 0 Å². The minimum Gasteiger partial charge on any atom is -0.366 e. The first-order chi connectivity index (χ1) is 3.92. The minimum atomic E-state index is -1.53. The SMILES string of the molecule is NC(=O)/C=C/C(Cl)(Cl)Cl. The quantitative estimate of drug-likeness (QED) is 0.490. The lowest BCUT2D eigenvalue weighted by atomic mass is 10.5. The number of hydrogen-bond acceptors (Lipinski definition) is 1. The summed E-state index contributed by atoms with van der Waals surface area (Å²) >= 11 is 15.6. The average molecular weight is 188 g/mol. The minimum absolute atomic E-state index is 0.638. The Bertz CT molecular complexity index is 137. The van der Waals surface area contributed by atoms with Crippen LogP contribution in [-0.4, -0.2) is 9.70 Å². The number of halogens is 3. The molecule has 0 bridgehead atoms. The number of amides is 1. The molecule has 0 aliphatic heterocycles. The molecular formula is C4H4Cl3NO. The first-order valence-electron chi connectivity index (χ1n) is 1.97. The molecule has 0 aromatic heterocycles. The summed E-state index contributed by atoms with van der Waals surface area (Å²) in [6, 6.07) is 0. The lowest BCUT2D eigenvalue weighted by molar-refractivity contribution is -0.113. The molecule has 0 fully saturated rings. The van der Waals surface area contributed by atoms with Gasteiger partial charge in [-0.3, -0.25) is 4.79 Å². The smallest absolute Gasteiger partial charge is 0.241 e. The fourth-order valence-corrected chi connectivity index (χ4v) is 0.366. The van der Waals surface area contributed by atoms with Crippen LogP contribution in [0.2, 0.25) is 0 Å². The van der Waals surface area contributed by atoms with Gasteiger partial charge < -0.3 is 5.73 Å². The lowest BCUT2D eigenvalue weighted by Gasteiger charge is -1.99. The third-order valence-electron chi connectivity index (χ3n) is 0.437. The Kier molecular flexibility index (Phi) is 3.33. The van der Waals surface area contributed by atoms with E-state index in [1.54, 1.807) is 0 Å². The Balaban J connectivity index is 3.86. The monoisotopic (exact) mass is 187 g/mol. The van der Waals surface area contributed by atoms with Crippen LogP contribution in [0, 0.1) is 0 Å². The summed E-state index contributed by atoms with van der Waals surface area (Å²) in [5.41, 5.74) is 4.70. The van der Waals surface area contributed by atoms with Gasteiger partial charge in [-0.15, -0.1) is 0 Å². The molecule has 5 heteroatoms. The first kappa shape index (κ1) is 9.08. The van der Waals surface area contributed by atoms with E-state index >= 15 is 0 Å².